The van der Waals surface area contributed by atoms with Crippen LogP contribution in [-0.4, -0.2) is 21.2 Å². The molecule has 5 nitrogen and oxygen atoms in total. The number of amides is 1. The van der Waals surface area contributed by atoms with Gasteiger partial charge in [0.15, 0.2) is 5.16 Å². The third kappa shape index (κ3) is 3.87. The molecular weight excluding hydrogens is 322 g/mol. The fraction of sp³-hybridized carbons (Fsp3) is 0.389. The number of carbonyl (C=O) groups excluding carboxylic acids is 1. The van der Waals surface area contributed by atoms with Crippen molar-refractivity contribution in [3.63, 3.8) is 0 Å². The van der Waals surface area contributed by atoms with Crippen LogP contribution in [0.15, 0.2) is 45.9 Å². The van der Waals surface area contributed by atoms with Gasteiger partial charge in [0.1, 0.15) is 0 Å². The summed E-state index contributed by atoms with van der Waals surface area (Å²) in [5, 5.41) is 1.17. The van der Waals surface area contributed by atoms with Gasteiger partial charge in [0.05, 0.1) is 16.7 Å². The van der Waals surface area contributed by atoms with Crippen molar-refractivity contribution in [3.05, 3.63) is 46.3 Å². The quantitative estimate of drug-likeness (QED) is 0.497. The maximum absolute atomic E-state index is 12.8. The Bertz CT molecular complexity index is 842. The van der Waals surface area contributed by atoms with Crippen LogP contribution in [0.5, 0.6) is 0 Å². The lowest BCUT2D eigenvalue weighted by atomic mass is 9.97. The Balaban J connectivity index is 1.94. The lowest BCUT2D eigenvalue weighted by Gasteiger charge is -2.16. The highest BCUT2D eigenvalue weighted by Gasteiger charge is 2.13. The van der Waals surface area contributed by atoms with Crippen LogP contribution in [0.1, 0.15) is 32.1 Å². The fourth-order valence-corrected chi connectivity index (χ4v) is 3.74. The lowest BCUT2D eigenvalue weighted by Crippen LogP contribution is -2.24. The number of nitrogens with zero attached hydrogens (tertiary/aromatic N) is 2. The van der Waals surface area contributed by atoms with Gasteiger partial charge in [-0.3, -0.25) is 14.2 Å². The van der Waals surface area contributed by atoms with Crippen molar-refractivity contribution in [1.29, 1.82) is 0 Å². The molecule has 126 valence electrons. The highest BCUT2D eigenvalue weighted by molar-refractivity contribution is 7.99. The van der Waals surface area contributed by atoms with Crippen molar-refractivity contribution in [2.24, 2.45) is 5.73 Å². The predicted molar refractivity (Wildman–Crippen MR) is 97.1 cm³/mol. The van der Waals surface area contributed by atoms with E-state index in [4.69, 9.17) is 5.73 Å². The summed E-state index contributed by atoms with van der Waals surface area (Å²) in [6, 6.07) is 7.31. The summed E-state index contributed by atoms with van der Waals surface area (Å²) in [4.78, 5) is 28.5. The molecule has 6 heteroatoms. The molecule has 0 unspecified atom stereocenters. The Labute approximate surface area is 145 Å². The second-order valence-corrected chi connectivity index (χ2v) is 6.92. The van der Waals surface area contributed by atoms with Crippen LogP contribution in [-0.2, 0) is 11.3 Å². The normalized spacial score (nSPS) is 14.6. The molecule has 0 radical (unpaired) electrons. The molecule has 1 aliphatic rings. The van der Waals surface area contributed by atoms with Crippen LogP contribution in [0.3, 0.4) is 0 Å². The monoisotopic (exact) mass is 343 g/mol. The highest BCUT2D eigenvalue weighted by atomic mass is 32.2. The molecule has 0 fully saturated rings. The zero-order valence-corrected chi connectivity index (χ0v) is 14.3. The van der Waals surface area contributed by atoms with Crippen LogP contribution in [0, 0.1) is 0 Å². The van der Waals surface area contributed by atoms with Crippen LogP contribution in [0.2, 0.25) is 0 Å². The van der Waals surface area contributed by atoms with Gasteiger partial charge in [0.2, 0.25) is 5.91 Å². The zero-order valence-electron chi connectivity index (χ0n) is 13.5. The summed E-state index contributed by atoms with van der Waals surface area (Å²) in [5.74, 6) is -0.294. The molecule has 1 aromatic carbocycles. The third-order valence-corrected chi connectivity index (χ3v) is 5.21. The van der Waals surface area contributed by atoms with E-state index in [-0.39, 0.29) is 11.3 Å². The van der Waals surface area contributed by atoms with Gasteiger partial charge in [0.25, 0.3) is 5.56 Å². The molecule has 0 bridgehead atoms. The van der Waals surface area contributed by atoms with Gasteiger partial charge in [-0.15, -0.1) is 0 Å². The van der Waals surface area contributed by atoms with E-state index in [9.17, 15) is 9.59 Å². The molecule has 1 aliphatic carbocycles. The molecule has 0 saturated heterocycles. The molecule has 0 spiro atoms. The minimum atomic E-state index is -0.413. The number of allylic oxidation sites excluding steroid dienone is 2. The van der Waals surface area contributed by atoms with E-state index in [0.717, 1.165) is 19.3 Å². The number of para-hydroxylation sites is 1. The first kappa shape index (κ1) is 16.8. The van der Waals surface area contributed by atoms with Crippen LogP contribution < -0.4 is 11.3 Å². The van der Waals surface area contributed by atoms with E-state index in [2.05, 4.69) is 11.1 Å². The van der Waals surface area contributed by atoms with Gasteiger partial charge in [-0.1, -0.05) is 35.5 Å². The van der Waals surface area contributed by atoms with E-state index in [1.54, 1.807) is 10.6 Å². The Morgan fingerprint density at radius 3 is 2.88 bits per heavy atom. The minimum Gasteiger partial charge on any atom is -0.369 e. The van der Waals surface area contributed by atoms with E-state index < -0.39 is 5.91 Å². The molecule has 0 aliphatic heterocycles. The predicted octanol–water partition coefficient (Wildman–Crippen LogP) is 2.86. The smallest absolute Gasteiger partial charge is 0.262 e. The number of primary amides is 1. The Hall–Kier alpha value is -2.08. The summed E-state index contributed by atoms with van der Waals surface area (Å²) in [6.07, 6.45) is 7.85. The van der Waals surface area contributed by atoms with Crippen molar-refractivity contribution < 1.29 is 4.79 Å². The molecule has 2 N–H and O–H groups in total. The number of hydrogen-bond donors (Lipinski definition) is 1. The molecule has 0 saturated carbocycles. The van der Waals surface area contributed by atoms with Crippen LogP contribution in [0.25, 0.3) is 10.9 Å². The van der Waals surface area contributed by atoms with Gasteiger partial charge >= 0.3 is 0 Å². The zero-order chi connectivity index (χ0) is 16.9. The molecule has 0 atom stereocenters. The molecule has 1 amide bonds. The van der Waals surface area contributed by atoms with Crippen molar-refractivity contribution >= 4 is 28.6 Å². The van der Waals surface area contributed by atoms with Crippen molar-refractivity contribution in [1.82, 2.24) is 9.55 Å². The topological polar surface area (TPSA) is 78.0 Å². The summed E-state index contributed by atoms with van der Waals surface area (Å²) in [5.41, 5.74) is 7.26. The molecular formula is C18H21N3O2S. The Kier molecular flexibility index (Phi) is 5.35. The number of nitrogens with two attached hydrogens (primary N) is 1. The van der Waals surface area contributed by atoms with E-state index in [0.29, 0.717) is 22.6 Å². The van der Waals surface area contributed by atoms with Gasteiger partial charge in [-0.2, -0.15) is 0 Å². The average molecular weight is 343 g/mol. The Morgan fingerprint density at radius 2 is 2.12 bits per heavy atom. The van der Waals surface area contributed by atoms with Crippen LogP contribution in [0.4, 0.5) is 0 Å². The fourth-order valence-electron chi connectivity index (χ4n) is 2.98. The van der Waals surface area contributed by atoms with Gasteiger partial charge < -0.3 is 5.73 Å². The SMILES string of the molecule is NC(=O)CSc1nc2ccccc2c(=O)n1CCC1=CCCCC1. The number of aromatic nitrogens is 2. The van der Waals surface area contributed by atoms with Crippen molar-refractivity contribution in [2.45, 2.75) is 43.8 Å². The number of benzene rings is 1. The van der Waals surface area contributed by atoms with Gasteiger partial charge in [-0.25, -0.2) is 4.98 Å². The summed E-state index contributed by atoms with van der Waals surface area (Å²) in [6.45, 7) is 0.587. The maximum Gasteiger partial charge on any atom is 0.262 e. The third-order valence-electron chi connectivity index (χ3n) is 4.21. The van der Waals surface area contributed by atoms with E-state index >= 15 is 0 Å². The van der Waals surface area contributed by atoms with Gasteiger partial charge in [0, 0.05) is 6.54 Å². The van der Waals surface area contributed by atoms with Crippen LogP contribution >= 0.6 is 11.8 Å². The lowest BCUT2D eigenvalue weighted by molar-refractivity contribution is -0.115. The van der Waals surface area contributed by atoms with E-state index in [1.165, 1.54) is 30.2 Å². The number of fused-ring (bicyclic) bond motifs is 1. The van der Waals surface area contributed by atoms with Gasteiger partial charge in [-0.05, 0) is 44.2 Å². The number of hydrogen-bond acceptors (Lipinski definition) is 4. The second-order valence-electron chi connectivity index (χ2n) is 5.98. The van der Waals surface area contributed by atoms with Crippen molar-refractivity contribution in [2.75, 3.05) is 5.75 Å². The minimum absolute atomic E-state index is 0.0519. The maximum atomic E-state index is 12.8. The Morgan fingerprint density at radius 1 is 1.29 bits per heavy atom. The molecule has 1 aromatic heterocycles. The summed E-state index contributed by atoms with van der Waals surface area (Å²) >= 11 is 1.23. The standard InChI is InChI=1S/C18H21N3O2S/c19-16(22)12-24-18-20-15-9-5-4-8-14(15)17(23)21(18)11-10-13-6-2-1-3-7-13/h4-6,8-9H,1-3,7,10-12H2,(H2,19,22). The molecule has 2 aromatic rings. The highest BCUT2D eigenvalue weighted by Crippen LogP contribution is 2.22. The van der Waals surface area contributed by atoms with E-state index in [1.807, 2.05) is 18.2 Å². The first-order valence-electron chi connectivity index (χ1n) is 8.24. The average Bonchev–Trinajstić information content (AvgIpc) is 2.60. The first-order valence-corrected chi connectivity index (χ1v) is 9.22. The largest absolute Gasteiger partial charge is 0.369 e. The summed E-state index contributed by atoms with van der Waals surface area (Å²) in [7, 11) is 0. The number of carbonyl (C=O) groups is 1. The number of thioether (sulfide) groups is 1. The number of rotatable bonds is 6. The molecule has 3 rings (SSSR count). The summed E-state index contributed by atoms with van der Waals surface area (Å²) < 4.78 is 1.69. The molecule has 24 heavy (non-hydrogen) atoms. The molecule has 1 heterocycles. The first-order chi connectivity index (χ1) is 11.6. The van der Waals surface area contributed by atoms with Crippen molar-refractivity contribution in [3.8, 4) is 0 Å². The second kappa shape index (κ2) is 7.66.